The van der Waals surface area contributed by atoms with Crippen molar-refractivity contribution < 1.29 is 4.74 Å². The number of nitrogens with one attached hydrogen (secondary N) is 1. The fourth-order valence-electron chi connectivity index (χ4n) is 1.30. The van der Waals surface area contributed by atoms with Gasteiger partial charge in [0, 0.05) is 19.2 Å². The molecule has 1 aromatic rings. The van der Waals surface area contributed by atoms with Crippen molar-refractivity contribution in [2.45, 2.75) is 6.42 Å². The molecule has 0 aliphatic carbocycles. The van der Waals surface area contributed by atoms with Crippen molar-refractivity contribution in [2.75, 3.05) is 25.5 Å². The van der Waals surface area contributed by atoms with Crippen molar-refractivity contribution in [3.05, 3.63) is 18.3 Å². The SMILES string of the molecule is COc1ccc(NC(=S)N2CCC2)cn1. The van der Waals surface area contributed by atoms with E-state index in [0.29, 0.717) is 5.88 Å². The highest BCUT2D eigenvalue weighted by Gasteiger charge is 2.16. The highest BCUT2D eigenvalue weighted by atomic mass is 32.1. The number of ether oxygens (including phenoxy) is 1. The fraction of sp³-hybridized carbons (Fsp3) is 0.400. The Bertz CT molecular complexity index is 348. The molecular formula is C10H13N3OS. The van der Waals surface area contributed by atoms with Gasteiger partial charge in [0.25, 0.3) is 0 Å². The van der Waals surface area contributed by atoms with Gasteiger partial charge in [-0.2, -0.15) is 0 Å². The molecule has 0 saturated carbocycles. The van der Waals surface area contributed by atoms with Crippen LogP contribution in [-0.4, -0.2) is 35.2 Å². The van der Waals surface area contributed by atoms with Gasteiger partial charge in [-0.3, -0.25) is 0 Å². The number of rotatable bonds is 2. The first-order chi connectivity index (χ1) is 7.29. The van der Waals surface area contributed by atoms with Gasteiger partial charge in [-0.05, 0) is 24.7 Å². The minimum absolute atomic E-state index is 0.607. The fourth-order valence-corrected chi connectivity index (χ4v) is 1.60. The highest BCUT2D eigenvalue weighted by Crippen LogP contribution is 2.13. The van der Waals surface area contributed by atoms with Crippen LogP contribution >= 0.6 is 12.2 Å². The molecular weight excluding hydrogens is 210 g/mol. The van der Waals surface area contributed by atoms with E-state index in [1.165, 1.54) is 6.42 Å². The Kier molecular flexibility index (Phi) is 3.01. The first-order valence-electron chi connectivity index (χ1n) is 4.85. The minimum atomic E-state index is 0.607. The maximum atomic E-state index is 5.23. The summed E-state index contributed by atoms with van der Waals surface area (Å²) < 4.78 is 4.97. The summed E-state index contributed by atoms with van der Waals surface area (Å²) in [6.45, 7) is 2.10. The summed E-state index contributed by atoms with van der Waals surface area (Å²) in [5.41, 5.74) is 0.896. The summed E-state index contributed by atoms with van der Waals surface area (Å²) in [5.74, 6) is 0.607. The maximum absolute atomic E-state index is 5.23. The molecule has 80 valence electrons. The molecule has 1 saturated heterocycles. The number of nitrogens with zero attached hydrogens (tertiary/aromatic N) is 2. The zero-order chi connectivity index (χ0) is 10.7. The lowest BCUT2D eigenvalue weighted by molar-refractivity contribution is 0.304. The highest BCUT2D eigenvalue weighted by molar-refractivity contribution is 7.80. The minimum Gasteiger partial charge on any atom is -0.481 e. The number of aromatic nitrogens is 1. The van der Waals surface area contributed by atoms with Crippen LogP contribution in [-0.2, 0) is 0 Å². The van der Waals surface area contributed by atoms with Crippen LogP contribution in [0.2, 0.25) is 0 Å². The van der Waals surface area contributed by atoms with E-state index in [4.69, 9.17) is 17.0 Å². The lowest BCUT2D eigenvalue weighted by Crippen LogP contribution is -2.44. The van der Waals surface area contributed by atoms with Crippen molar-refractivity contribution in [2.24, 2.45) is 0 Å². The molecule has 2 rings (SSSR count). The number of hydrogen-bond donors (Lipinski definition) is 1. The van der Waals surface area contributed by atoms with E-state index in [-0.39, 0.29) is 0 Å². The van der Waals surface area contributed by atoms with Gasteiger partial charge in [0.15, 0.2) is 5.11 Å². The number of methoxy groups -OCH3 is 1. The molecule has 0 spiro atoms. The second-order valence-electron chi connectivity index (χ2n) is 3.36. The monoisotopic (exact) mass is 223 g/mol. The molecule has 1 fully saturated rings. The molecule has 0 bridgehead atoms. The Morgan fingerprint density at radius 3 is 2.80 bits per heavy atom. The Labute approximate surface area is 94.3 Å². The topological polar surface area (TPSA) is 37.4 Å². The number of thiocarbonyl (C=S) groups is 1. The third kappa shape index (κ3) is 2.36. The van der Waals surface area contributed by atoms with Crippen LogP contribution in [0.15, 0.2) is 18.3 Å². The summed E-state index contributed by atoms with van der Waals surface area (Å²) in [5, 5.41) is 3.91. The van der Waals surface area contributed by atoms with E-state index in [2.05, 4.69) is 15.2 Å². The molecule has 0 aromatic carbocycles. The predicted molar refractivity (Wildman–Crippen MR) is 63.2 cm³/mol. The van der Waals surface area contributed by atoms with E-state index in [9.17, 15) is 0 Å². The molecule has 0 unspecified atom stereocenters. The van der Waals surface area contributed by atoms with Crippen LogP contribution in [0.3, 0.4) is 0 Å². The molecule has 15 heavy (non-hydrogen) atoms. The zero-order valence-electron chi connectivity index (χ0n) is 8.56. The Balaban J connectivity index is 1.94. The van der Waals surface area contributed by atoms with Crippen molar-refractivity contribution in [3.8, 4) is 5.88 Å². The molecule has 1 aliphatic rings. The number of likely N-dealkylation sites (tertiary alicyclic amines) is 1. The van der Waals surface area contributed by atoms with Crippen LogP contribution in [0.4, 0.5) is 5.69 Å². The molecule has 0 atom stereocenters. The number of anilines is 1. The molecule has 0 amide bonds. The van der Waals surface area contributed by atoms with Gasteiger partial charge in [-0.15, -0.1) is 0 Å². The number of pyridine rings is 1. The van der Waals surface area contributed by atoms with Crippen LogP contribution in [0.1, 0.15) is 6.42 Å². The third-order valence-corrected chi connectivity index (χ3v) is 2.70. The normalized spacial score (nSPS) is 14.3. The van der Waals surface area contributed by atoms with E-state index in [1.54, 1.807) is 19.4 Å². The van der Waals surface area contributed by atoms with Crippen molar-refractivity contribution >= 4 is 23.0 Å². The Morgan fingerprint density at radius 1 is 1.53 bits per heavy atom. The molecule has 5 heteroatoms. The average Bonchev–Trinajstić information content (AvgIpc) is 2.16. The molecule has 2 heterocycles. The lowest BCUT2D eigenvalue weighted by Gasteiger charge is -2.33. The molecule has 0 radical (unpaired) electrons. The van der Waals surface area contributed by atoms with Crippen LogP contribution in [0.5, 0.6) is 5.88 Å². The van der Waals surface area contributed by atoms with Gasteiger partial charge in [-0.1, -0.05) is 0 Å². The quantitative estimate of drug-likeness (QED) is 0.769. The summed E-state index contributed by atoms with van der Waals surface area (Å²) >= 11 is 5.23. The van der Waals surface area contributed by atoms with Gasteiger partial charge in [0.1, 0.15) is 0 Å². The first kappa shape index (κ1) is 10.2. The Morgan fingerprint density at radius 2 is 2.33 bits per heavy atom. The van der Waals surface area contributed by atoms with E-state index in [1.807, 2.05) is 6.07 Å². The lowest BCUT2D eigenvalue weighted by atomic mass is 10.2. The second-order valence-corrected chi connectivity index (χ2v) is 3.75. The predicted octanol–water partition coefficient (Wildman–Crippen LogP) is 1.49. The van der Waals surface area contributed by atoms with E-state index >= 15 is 0 Å². The van der Waals surface area contributed by atoms with Gasteiger partial charge >= 0.3 is 0 Å². The van der Waals surface area contributed by atoms with Gasteiger partial charge in [-0.25, -0.2) is 4.98 Å². The van der Waals surface area contributed by atoms with Crippen LogP contribution < -0.4 is 10.1 Å². The largest absolute Gasteiger partial charge is 0.481 e. The molecule has 4 nitrogen and oxygen atoms in total. The Hall–Kier alpha value is -1.36. The number of hydrogen-bond acceptors (Lipinski definition) is 3. The first-order valence-corrected chi connectivity index (χ1v) is 5.26. The second kappa shape index (κ2) is 4.44. The van der Waals surface area contributed by atoms with Crippen LogP contribution in [0.25, 0.3) is 0 Å². The van der Waals surface area contributed by atoms with E-state index < -0.39 is 0 Å². The summed E-state index contributed by atoms with van der Waals surface area (Å²) in [4.78, 5) is 6.22. The van der Waals surface area contributed by atoms with E-state index in [0.717, 1.165) is 23.9 Å². The molecule has 1 N–H and O–H groups in total. The summed E-state index contributed by atoms with van der Waals surface area (Å²) in [6.07, 6.45) is 2.94. The smallest absolute Gasteiger partial charge is 0.213 e. The van der Waals surface area contributed by atoms with Gasteiger partial charge < -0.3 is 15.0 Å². The van der Waals surface area contributed by atoms with Gasteiger partial charge in [0.2, 0.25) is 5.88 Å². The molecule has 1 aliphatic heterocycles. The van der Waals surface area contributed by atoms with Crippen molar-refractivity contribution in [1.82, 2.24) is 9.88 Å². The van der Waals surface area contributed by atoms with Crippen LogP contribution in [0, 0.1) is 0 Å². The maximum Gasteiger partial charge on any atom is 0.213 e. The summed E-state index contributed by atoms with van der Waals surface area (Å²) in [7, 11) is 1.60. The standard InChI is InChI=1S/C10H13N3OS/c1-14-9-4-3-8(7-11-9)12-10(15)13-5-2-6-13/h3-4,7H,2,5-6H2,1H3,(H,12,15). The van der Waals surface area contributed by atoms with Crippen molar-refractivity contribution in [1.29, 1.82) is 0 Å². The van der Waals surface area contributed by atoms with Gasteiger partial charge in [0.05, 0.1) is 19.0 Å². The molecule has 1 aromatic heterocycles. The van der Waals surface area contributed by atoms with Crippen molar-refractivity contribution in [3.63, 3.8) is 0 Å². The third-order valence-electron chi connectivity index (χ3n) is 2.34. The zero-order valence-corrected chi connectivity index (χ0v) is 9.38. The summed E-state index contributed by atoms with van der Waals surface area (Å²) in [6, 6.07) is 3.71. The average molecular weight is 223 g/mol.